The zero-order valence-corrected chi connectivity index (χ0v) is 9.82. The van der Waals surface area contributed by atoms with Gasteiger partial charge < -0.3 is 10.0 Å². The van der Waals surface area contributed by atoms with Crippen molar-refractivity contribution < 1.29 is 9.90 Å². The van der Waals surface area contributed by atoms with Crippen LogP contribution in [0.15, 0.2) is 29.5 Å². The second-order valence-corrected chi connectivity index (χ2v) is 4.83. The highest BCUT2D eigenvalue weighted by atomic mass is 32.1. The van der Waals surface area contributed by atoms with E-state index in [0.29, 0.717) is 13.1 Å². The Bertz CT molecular complexity index is 374. The molecule has 1 aliphatic heterocycles. The molecule has 0 aliphatic carbocycles. The molecule has 2 atom stereocenters. The van der Waals surface area contributed by atoms with Gasteiger partial charge in [0.1, 0.15) is 0 Å². The van der Waals surface area contributed by atoms with Crippen LogP contribution in [0.4, 0.5) is 0 Å². The van der Waals surface area contributed by atoms with Crippen LogP contribution in [-0.2, 0) is 4.79 Å². The van der Waals surface area contributed by atoms with E-state index in [0.717, 1.165) is 0 Å². The van der Waals surface area contributed by atoms with Crippen LogP contribution < -0.4 is 0 Å². The van der Waals surface area contributed by atoms with Gasteiger partial charge in [0.05, 0.1) is 0 Å². The Balaban J connectivity index is 2.14. The second-order valence-electron chi connectivity index (χ2n) is 4.05. The fraction of sp³-hybridized carbons (Fsp3) is 0.417. The molecule has 0 spiro atoms. The van der Waals surface area contributed by atoms with Crippen molar-refractivity contribution in [2.75, 3.05) is 19.7 Å². The molecule has 1 aliphatic rings. The second kappa shape index (κ2) is 4.80. The van der Waals surface area contributed by atoms with Crippen molar-refractivity contribution in [1.82, 2.24) is 4.90 Å². The first-order chi connectivity index (χ1) is 7.76. The molecule has 3 nitrogen and oxygen atoms in total. The van der Waals surface area contributed by atoms with E-state index in [1.54, 1.807) is 16.2 Å². The third-order valence-electron chi connectivity index (χ3n) is 3.13. The number of likely N-dealkylation sites (tertiary alicyclic amines) is 1. The average molecular weight is 237 g/mol. The van der Waals surface area contributed by atoms with Crippen LogP contribution in [0.2, 0.25) is 0 Å². The molecule has 0 aromatic carbocycles. The van der Waals surface area contributed by atoms with Gasteiger partial charge >= 0.3 is 0 Å². The summed E-state index contributed by atoms with van der Waals surface area (Å²) in [6.45, 7) is 4.93. The number of carbonyl (C=O) groups excluding carboxylic acids is 1. The van der Waals surface area contributed by atoms with Crippen LogP contribution in [0.1, 0.15) is 11.5 Å². The molecule has 1 N–H and O–H groups in total. The van der Waals surface area contributed by atoms with Gasteiger partial charge in [-0.15, -0.1) is 0 Å². The van der Waals surface area contributed by atoms with E-state index in [2.05, 4.69) is 18.0 Å². The zero-order chi connectivity index (χ0) is 11.5. The molecule has 1 amide bonds. The maximum absolute atomic E-state index is 11.5. The van der Waals surface area contributed by atoms with E-state index in [1.165, 1.54) is 11.6 Å². The summed E-state index contributed by atoms with van der Waals surface area (Å²) in [5.41, 5.74) is 1.23. The largest absolute Gasteiger partial charge is 0.396 e. The lowest BCUT2D eigenvalue weighted by atomic mass is 9.92. The van der Waals surface area contributed by atoms with E-state index in [4.69, 9.17) is 0 Å². The lowest BCUT2D eigenvalue weighted by Gasteiger charge is -2.13. The van der Waals surface area contributed by atoms with Crippen LogP contribution in [0.5, 0.6) is 0 Å². The minimum Gasteiger partial charge on any atom is -0.396 e. The molecular weight excluding hydrogens is 222 g/mol. The number of aliphatic hydroxyl groups is 1. The lowest BCUT2D eigenvalue weighted by molar-refractivity contribution is -0.125. The van der Waals surface area contributed by atoms with Crippen molar-refractivity contribution in [2.24, 2.45) is 5.92 Å². The van der Waals surface area contributed by atoms with Gasteiger partial charge in [-0.2, -0.15) is 11.3 Å². The first-order valence-corrected chi connectivity index (χ1v) is 6.24. The Morgan fingerprint density at radius 1 is 1.69 bits per heavy atom. The molecule has 2 rings (SSSR count). The van der Waals surface area contributed by atoms with Gasteiger partial charge in [0.15, 0.2) is 0 Å². The first kappa shape index (κ1) is 11.4. The molecule has 2 heterocycles. The van der Waals surface area contributed by atoms with Crippen LogP contribution in [0.25, 0.3) is 0 Å². The third-order valence-corrected chi connectivity index (χ3v) is 3.83. The number of hydrogen-bond acceptors (Lipinski definition) is 3. The molecule has 86 valence electrons. The Labute approximate surface area is 99.0 Å². The summed E-state index contributed by atoms with van der Waals surface area (Å²) in [4.78, 5) is 13.3. The van der Waals surface area contributed by atoms with E-state index in [-0.39, 0.29) is 24.3 Å². The summed E-state index contributed by atoms with van der Waals surface area (Å²) in [7, 11) is 0. The van der Waals surface area contributed by atoms with Gasteiger partial charge in [-0.25, -0.2) is 0 Å². The maximum Gasteiger partial charge on any atom is 0.245 e. The van der Waals surface area contributed by atoms with Gasteiger partial charge in [-0.1, -0.05) is 6.58 Å². The number of carbonyl (C=O) groups is 1. The summed E-state index contributed by atoms with van der Waals surface area (Å²) < 4.78 is 0. The number of rotatable bonds is 3. The highest BCUT2D eigenvalue weighted by molar-refractivity contribution is 7.07. The summed E-state index contributed by atoms with van der Waals surface area (Å²) in [6, 6.07) is 2.07. The molecule has 0 saturated carbocycles. The van der Waals surface area contributed by atoms with Crippen molar-refractivity contribution in [3.05, 3.63) is 35.0 Å². The molecule has 0 bridgehead atoms. The van der Waals surface area contributed by atoms with E-state index < -0.39 is 0 Å². The monoisotopic (exact) mass is 237 g/mol. The fourth-order valence-corrected chi connectivity index (χ4v) is 2.95. The molecule has 16 heavy (non-hydrogen) atoms. The normalized spacial score (nSPS) is 24.7. The van der Waals surface area contributed by atoms with Gasteiger partial charge in [0.25, 0.3) is 0 Å². The van der Waals surface area contributed by atoms with Gasteiger partial charge in [0.2, 0.25) is 5.91 Å². The van der Waals surface area contributed by atoms with Crippen molar-refractivity contribution in [1.29, 1.82) is 0 Å². The van der Waals surface area contributed by atoms with Crippen molar-refractivity contribution >= 4 is 17.2 Å². The standard InChI is InChI=1S/C12H15NO2S/c1-2-12(15)13-5-10(7-14)11(6-13)9-3-4-16-8-9/h2-4,8,10-11,14H,1,5-7H2/t10-,11-/m0/s1. The van der Waals surface area contributed by atoms with Crippen LogP contribution >= 0.6 is 11.3 Å². The summed E-state index contributed by atoms with van der Waals surface area (Å²) in [6.07, 6.45) is 1.34. The molecule has 1 aromatic heterocycles. The summed E-state index contributed by atoms with van der Waals surface area (Å²) >= 11 is 1.65. The van der Waals surface area contributed by atoms with Gasteiger partial charge in [-0.3, -0.25) is 4.79 Å². The number of amides is 1. The zero-order valence-electron chi connectivity index (χ0n) is 9.00. The van der Waals surface area contributed by atoms with Crippen molar-refractivity contribution in [3.63, 3.8) is 0 Å². The maximum atomic E-state index is 11.5. The predicted molar refractivity (Wildman–Crippen MR) is 64.4 cm³/mol. The quantitative estimate of drug-likeness (QED) is 0.809. The predicted octanol–water partition coefficient (Wildman–Crippen LogP) is 1.47. The minimum atomic E-state index is -0.0452. The molecule has 1 aromatic rings. The molecule has 4 heteroatoms. The first-order valence-electron chi connectivity index (χ1n) is 5.30. The number of aliphatic hydroxyl groups excluding tert-OH is 1. The molecule has 1 saturated heterocycles. The van der Waals surface area contributed by atoms with Crippen LogP contribution in [0.3, 0.4) is 0 Å². The Hall–Kier alpha value is -1.13. The van der Waals surface area contributed by atoms with Gasteiger partial charge in [-0.05, 0) is 28.5 Å². The minimum absolute atomic E-state index is 0.0452. The van der Waals surface area contributed by atoms with Crippen LogP contribution in [-0.4, -0.2) is 35.6 Å². The van der Waals surface area contributed by atoms with Crippen molar-refractivity contribution in [2.45, 2.75) is 5.92 Å². The number of thiophene rings is 1. The lowest BCUT2D eigenvalue weighted by Crippen LogP contribution is -2.27. The van der Waals surface area contributed by atoms with E-state index in [1.807, 2.05) is 5.38 Å². The van der Waals surface area contributed by atoms with E-state index in [9.17, 15) is 9.90 Å². The Morgan fingerprint density at radius 2 is 2.50 bits per heavy atom. The van der Waals surface area contributed by atoms with Crippen LogP contribution in [0, 0.1) is 5.92 Å². The van der Waals surface area contributed by atoms with Gasteiger partial charge in [0, 0.05) is 31.5 Å². The molecule has 0 unspecified atom stereocenters. The third kappa shape index (κ3) is 2.03. The Kier molecular flexibility index (Phi) is 3.41. The average Bonchev–Trinajstić information content (AvgIpc) is 2.95. The summed E-state index contributed by atoms with van der Waals surface area (Å²) in [5, 5.41) is 13.5. The number of hydrogen-bond donors (Lipinski definition) is 1. The van der Waals surface area contributed by atoms with E-state index >= 15 is 0 Å². The molecule has 1 fully saturated rings. The molecule has 0 radical (unpaired) electrons. The molecular formula is C12H15NO2S. The smallest absolute Gasteiger partial charge is 0.245 e. The highest BCUT2D eigenvalue weighted by Crippen LogP contribution is 2.33. The van der Waals surface area contributed by atoms with Crippen molar-refractivity contribution in [3.8, 4) is 0 Å². The fourth-order valence-electron chi connectivity index (χ4n) is 2.23. The Morgan fingerprint density at radius 3 is 3.06 bits per heavy atom. The number of nitrogens with zero attached hydrogens (tertiary/aromatic N) is 1. The highest BCUT2D eigenvalue weighted by Gasteiger charge is 2.34. The summed E-state index contributed by atoms with van der Waals surface area (Å²) in [5.74, 6) is 0.370. The topological polar surface area (TPSA) is 40.5 Å². The SMILES string of the molecule is C=CC(=O)N1C[C@@H](CO)[C@H](c2ccsc2)C1.